The maximum Gasteiger partial charge on any atom is 0.262 e. The van der Waals surface area contributed by atoms with Gasteiger partial charge in [0.25, 0.3) is 11.8 Å². The summed E-state index contributed by atoms with van der Waals surface area (Å²) in [5.74, 6) is -1.03. The number of amides is 3. The molecule has 0 saturated heterocycles. The molecule has 1 N–H and O–H groups in total. The van der Waals surface area contributed by atoms with Gasteiger partial charge in [0, 0.05) is 6.20 Å². The van der Waals surface area contributed by atoms with E-state index in [0.717, 1.165) is 4.90 Å². The van der Waals surface area contributed by atoms with Gasteiger partial charge in [-0.3, -0.25) is 24.3 Å². The Balaban J connectivity index is 1.81. The highest BCUT2D eigenvalue weighted by Gasteiger charge is 2.42. The topological polar surface area (TPSA) is 79.4 Å². The van der Waals surface area contributed by atoms with E-state index in [1.54, 1.807) is 42.6 Å². The third kappa shape index (κ3) is 3.49. The van der Waals surface area contributed by atoms with Gasteiger partial charge in [0.1, 0.15) is 6.04 Å². The molecule has 0 fully saturated rings. The Hall–Kier alpha value is -3.02. The molecular formula is C20H21N3O3. The lowest BCUT2D eigenvalue weighted by molar-refractivity contribution is -0.125. The number of benzene rings is 1. The Morgan fingerprint density at radius 3 is 2.19 bits per heavy atom. The number of imide groups is 1. The van der Waals surface area contributed by atoms with Crippen LogP contribution in [0.5, 0.6) is 0 Å². The molecule has 0 bridgehead atoms. The third-order valence-corrected chi connectivity index (χ3v) is 4.30. The average Bonchev–Trinajstić information content (AvgIpc) is 2.90. The molecule has 1 aromatic carbocycles. The number of rotatable bonds is 6. The predicted molar refractivity (Wildman–Crippen MR) is 96.3 cm³/mol. The Morgan fingerprint density at radius 1 is 1.04 bits per heavy atom. The van der Waals surface area contributed by atoms with Crippen LogP contribution in [-0.4, -0.2) is 33.6 Å². The van der Waals surface area contributed by atoms with E-state index in [0.29, 0.717) is 23.2 Å². The molecule has 26 heavy (non-hydrogen) atoms. The van der Waals surface area contributed by atoms with E-state index in [1.807, 2.05) is 19.9 Å². The van der Waals surface area contributed by atoms with Gasteiger partial charge in [0.05, 0.1) is 23.4 Å². The van der Waals surface area contributed by atoms with Gasteiger partial charge in [-0.25, -0.2) is 0 Å². The maximum atomic E-state index is 12.8. The average molecular weight is 351 g/mol. The second-order valence-electron chi connectivity index (χ2n) is 6.71. The van der Waals surface area contributed by atoms with Gasteiger partial charge in [-0.2, -0.15) is 0 Å². The molecular weight excluding hydrogens is 330 g/mol. The molecule has 0 aliphatic carbocycles. The van der Waals surface area contributed by atoms with Crippen molar-refractivity contribution in [2.45, 2.75) is 32.9 Å². The van der Waals surface area contributed by atoms with Gasteiger partial charge in [0.15, 0.2) is 0 Å². The molecule has 134 valence electrons. The van der Waals surface area contributed by atoms with Crippen LogP contribution in [0.15, 0.2) is 48.7 Å². The minimum atomic E-state index is -0.842. The quantitative estimate of drug-likeness (QED) is 0.811. The molecule has 6 nitrogen and oxygen atoms in total. The molecule has 0 radical (unpaired) electrons. The number of aromatic nitrogens is 1. The summed E-state index contributed by atoms with van der Waals surface area (Å²) in [6, 6.07) is 11.3. The summed E-state index contributed by atoms with van der Waals surface area (Å²) in [4.78, 5) is 43.5. The van der Waals surface area contributed by atoms with Crippen LogP contribution in [0, 0.1) is 5.92 Å². The van der Waals surface area contributed by atoms with Crippen LogP contribution in [0.1, 0.15) is 46.7 Å². The van der Waals surface area contributed by atoms with Crippen LogP contribution in [0.3, 0.4) is 0 Å². The lowest BCUT2D eigenvalue weighted by Crippen LogP contribution is -2.50. The molecule has 0 saturated carbocycles. The van der Waals surface area contributed by atoms with Gasteiger partial charge >= 0.3 is 0 Å². The van der Waals surface area contributed by atoms with Crippen LogP contribution < -0.4 is 5.32 Å². The molecule has 3 amide bonds. The fourth-order valence-electron chi connectivity index (χ4n) is 3.07. The zero-order valence-corrected chi connectivity index (χ0v) is 14.8. The van der Waals surface area contributed by atoms with Crippen molar-refractivity contribution in [3.63, 3.8) is 0 Å². The molecule has 1 aliphatic rings. The summed E-state index contributed by atoms with van der Waals surface area (Å²) < 4.78 is 0. The molecule has 2 aromatic rings. The molecule has 3 rings (SSSR count). The van der Waals surface area contributed by atoms with Gasteiger partial charge < -0.3 is 5.32 Å². The fraction of sp³-hybridized carbons (Fsp3) is 0.300. The second kappa shape index (κ2) is 7.47. The van der Waals surface area contributed by atoms with Crippen molar-refractivity contribution in [3.05, 3.63) is 65.5 Å². The van der Waals surface area contributed by atoms with Crippen molar-refractivity contribution < 1.29 is 14.4 Å². The van der Waals surface area contributed by atoms with E-state index in [4.69, 9.17) is 0 Å². The van der Waals surface area contributed by atoms with E-state index < -0.39 is 17.9 Å². The SMILES string of the molecule is CC(C)C[C@@H](C(=O)NCc1ccccn1)N1C(=O)c2ccccc2C1=O. The molecule has 0 spiro atoms. The van der Waals surface area contributed by atoms with E-state index >= 15 is 0 Å². The second-order valence-corrected chi connectivity index (χ2v) is 6.71. The number of carbonyl (C=O) groups excluding carboxylic acids is 3. The first kappa shape index (κ1) is 17.8. The summed E-state index contributed by atoms with van der Waals surface area (Å²) in [5.41, 5.74) is 1.42. The number of nitrogens with one attached hydrogen (secondary N) is 1. The first-order valence-corrected chi connectivity index (χ1v) is 8.63. The fourth-order valence-corrected chi connectivity index (χ4v) is 3.07. The Labute approximate surface area is 152 Å². The molecule has 1 aromatic heterocycles. The van der Waals surface area contributed by atoms with Crippen LogP contribution in [0.4, 0.5) is 0 Å². The number of fused-ring (bicyclic) bond motifs is 1. The van der Waals surface area contributed by atoms with E-state index in [9.17, 15) is 14.4 Å². The zero-order chi connectivity index (χ0) is 18.7. The van der Waals surface area contributed by atoms with Crippen molar-refractivity contribution in [2.75, 3.05) is 0 Å². The standard InChI is InChI=1S/C20H21N3O3/c1-13(2)11-17(18(24)22-12-14-7-5-6-10-21-14)23-19(25)15-8-3-4-9-16(15)20(23)26/h3-10,13,17H,11-12H2,1-2H3,(H,22,24)/t17-/m0/s1. The summed E-state index contributed by atoms with van der Waals surface area (Å²) in [6.07, 6.45) is 2.05. The smallest absolute Gasteiger partial charge is 0.262 e. The molecule has 6 heteroatoms. The van der Waals surface area contributed by atoms with E-state index in [-0.39, 0.29) is 18.4 Å². The molecule has 1 atom stereocenters. The van der Waals surface area contributed by atoms with Crippen LogP contribution in [0.25, 0.3) is 0 Å². The lowest BCUT2D eigenvalue weighted by atomic mass is 10.0. The highest BCUT2D eigenvalue weighted by Crippen LogP contribution is 2.27. The van der Waals surface area contributed by atoms with E-state index in [1.165, 1.54) is 0 Å². The highest BCUT2D eigenvalue weighted by molar-refractivity contribution is 6.22. The zero-order valence-electron chi connectivity index (χ0n) is 14.8. The Morgan fingerprint density at radius 2 is 1.65 bits per heavy atom. The maximum absolute atomic E-state index is 12.8. The molecule has 1 aliphatic heterocycles. The van der Waals surface area contributed by atoms with Crippen molar-refractivity contribution in [1.82, 2.24) is 15.2 Å². The lowest BCUT2D eigenvalue weighted by Gasteiger charge is -2.26. The number of carbonyl (C=O) groups is 3. The third-order valence-electron chi connectivity index (χ3n) is 4.30. The Kier molecular flexibility index (Phi) is 5.11. The molecule has 0 unspecified atom stereocenters. The minimum Gasteiger partial charge on any atom is -0.349 e. The minimum absolute atomic E-state index is 0.143. The number of nitrogens with zero attached hydrogens (tertiary/aromatic N) is 2. The number of pyridine rings is 1. The van der Waals surface area contributed by atoms with Gasteiger partial charge in [-0.1, -0.05) is 32.0 Å². The van der Waals surface area contributed by atoms with Crippen molar-refractivity contribution in [2.24, 2.45) is 5.92 Å². The normalized spacial score (nSPS) is 14.5. The van der Waals surface area contributed by atoms with Crippen molar-refractivity contribution >= 4 is 17.7 Å². The number of hydrogen-bond donors (Lipinski definition) is 1. The number of hydrogen-bond acceptors (Lipinski definition) is 4. The van der Waals surface area contributed by atoms with Crippen molar-refractivity contribution in [3.8, 4) is 0 Å². The predicted octanol–water partition coefficient (Wildman–Crippen LogP) is 2.41. The van der Waals surface area contributed by atoms with Gasteiger partial charge in [0.2, 0.25) is 5.91 Å². The van der Waals surface area contributed by atoms with Crippen molar-refractivity contribution in [1.29, 1.82) is 0 Å². The van der Waals surface area contributed by atoms with Crippen LogP contribution >= 0.6 is 0 Å². The van der Waals surface area contributed by atoms with Crippen LogP contribution in [0.2, 0.25) is 0 Å². The Bertz CT molecular complexity index is 798. The molecule has 2 heterocycles. The van der Waals surface area contributed by atoms with Gasteiger partial charge in [-0.15, -0.1) is 0 Å². The summed E-state index contributed by atoms with van der Waals surface area (Å²) in [6.45, 7) is 4.16. The van der Waals surface area contributed by atoms with Gasteiger partial charge in [-0.05, 0) is 36.6 Å². The van der Waals surface area contributed by atoms with E-state index in [2.05, 4.69) is 10.3 Å². The first-order chi connectivity index (χ1) is 12.5. The van der Waals surface area contributed by atoms with Crippen LogP contribution in [-0.2, 0) is 11.3 Å². The summed E-state index contributed by atoms with van der Waals surface area (Å²) in [5, 5.41) is 2.80. The first-order valence-electron chi connectivity index (χ1n) is 8.63. The summed E-state index contributed by atoms with van der Waals surface area (Å²) >= 11 is 0. The monoisotopic (exact) mass is 351 g/mol. The summed E-state index contributed by atoms with van der Waals surface area (Å²) in [7, 11) is 0. The largest absolute Gasteiger partial charge is 0.349 e. The highest BCUT2D eigenvalue weighted by atomic mass is 16.2.